The maximum Gasteiger partial charge on any atom is 0.321 e. The quantitative estimate of drug-likeness (QED) is 0.199. The molecule has 32 heavy (non-hydrogen) atoms. The average Bonchev–Trinajstić information content (AvgIpc) is 2.76. The molecule has 2 aromatic rings. The van der Waals surface area contributed by atoms with Crippen molar-refractivity contribution < 1.29 is 14.3 Å². The Bertz CT molecular complexity index is 856. The van der Waals surface area contributed by atoms with Gasteiger partial charge in [0.05, 0.1) is 0 Å². The van der Waals surface area contributed by atoms with Crippen LogP contribution >= 0.6 is 11.8 Å². The molecule has 0 saturated heterocycles. The van der Waals surface area contributed by atoms with Crippen molar-refractivity contribution in [1.29, 1.82) is 0 Å². The van der Waals surface area contributed by atoms with Crippen LogP contribution in [0.2, 0.25) is 0 Å². The van der Waals surface area contributed by atoms with Crippen LogP contribution in [-0.2, 0) is 4.79 Å². The van der Waals surface area contributed by atoms with Crippen molar-refractivity contribution in [3.05, 3.63) is 48.5 Å². The van der Waals surface area contributed by atoms with Crippen LogP contribution in [0.1, 0.15) is 65.7 Å². The van der Waals surface area contributed by atoms with E-state index in [9.17, 15) is 9.59 Å². The number of unbranched alkanes of at least 4 members (excludes halogenated alkanes) is 5. The van der Waals surface area contributed by atoms with E-state index in [-0.39, 0.29) is 12.0 Å². The van der Waals surface area contributed by atoms with Gasteiger partial charge in [-0.2, -0.15) is 0 Å². The lowest BCUT2D eigenvalue weighted by atomic mass is 10.1. The summed E-state index contributed by atoms with van der Waals surface area (Å²) in [5, 5.41) is 3.06. The fourth-order valence-corrected chi connectivity index (χ4v) is 4.23. The molecule has 6 heteroatoms. The van der Waals surface area contributed by atoms with Crippen LogP contribution in [0.15, 0.2) is 58.3 Å². The number of hydrogen-bond donors (Lipinski definition) is 1. The SMILES string of the molecule is CCCCCCCN(C(=O)NCCCC)c1cccc(Sc2cccc(OC(C)=O)c2)c1. The smallest absolute Gasteiger partial charge is 0.321 e. The molecule has 0 spiro atoms. The fraction of sp³-hybridized carbons (Fsp3) is 0.462. The van der Waals surface area contributed by atoms with E-state index in [1.807, 2.05) is 41.3 Å². The summed E-state index contributed by atoms with van der Waals surface area (Å²) in [5.41, 5.74) is 0.899. The summed E-state index contributed by atoms with van der Waals surface area (Å²) < 4.78 is 5.19. The largest absolute Gasteiger partial charge is 0.427 e. The summed E-state index contributed by atoms with van der Waals surface area (Å²) in [7, 11) is 0. The first-order valence-electron chi connectivity index (χ1n) is 11.6. The second-order valence-electron chi connectivity index (χ2n) is 7.82. The molecular formula is C26H36N2O3S. The maximum absolute atomic E-state index is 12.9. The average molecular weight is 457 g/mol. The Labute approximate surface area is 196 Å². The first-order chi connectivity index (χ1) is 15.5. The number of carbonyl (C=O) groups is 2. The number of anilines is 1. The normalized spacial score (nSPS) is 10.6. The van der Waals surface area contributed by atoms with Gasteiger partial charge in [0, 0.05) is 35.5 Å². The van der Waals surface area contributed by atoms with Crippen molar-refractivity contribution in [3.8, 4) is 5.75 Å². The highest BCUT2D eigenvalue weighted by Gasteiger charge is 2.15. The Morgan fingerprint density at radius 2 is 1.59 bits per heavy atom. The second-order valence-corrected chi connectivity index (χ2v) is 8.97. The monoisotopic (exact) mass is 456 g/mol. The van der Waals surface area contributed by atoms with Crippen molar-refractivity contribution in [2.75, 3.05) is 18.0 Å². The van der Waals surface area contributed by atoms with Gasteiger partial charge in [-0.3, -0.25) is 9.69 Å². The Morgan fingerprint density at radius 3 is 2.31 bits per heavy atom. The third-order valence-corrected chi connectivity index (χ3v) is 5.95. The van der Waals surface area contributed by atoms with E-state index in [4.69, 9.17) is 4.74 Å². The van der Waals surface area contributed by atoms with Crippen molar-refractivity contribution >= 4 is 29.4 Å². The van der Waals surface area contributed by atoms with Crippen LogP contribution in [0.25, 0.3) is 0 Å². The minimum atomic E-state index is -0.335. The first kappa shape index (κ1) is 25.8. The number of carbonyl (C=O) groups excluding carboxylic acids is 2. The minimum absolute atomic E-state index is 0.0343. The van der Waals surface area contributed by atoms with Gasteiger partial charge in [-0.05, 0) is 49.2 Å². The molecule has 2 aromatic carbocycles. The van der Waals surface area contributed by atoms with E-state index in [1.54, 1.807) is 17.8 Å². The molecule has 0 aromatic heterocycles. The summed E-state index contributed by atoms with van der Waals surface area (Å²) >= 11 is 1.58. The highest BCUT2D eigenvalue weighted by Crippen LogP contribution is 2.32. The molecule has 0 fully saturated rings. The van der Waals surface area contributed by atoms with Crippen molar-refractivity contribution in [3.63, 3.8) is 0 Å². The Hall–Kier alpha value is -2.47. The predicted octanol–water partition coefficient (Wildman–Crippen LogP) is 7.05. The zero-order valence-corrected chi connectivity index (χ0v) is 20.4. The highest BCUT2D eigenvalue weighted by molar-refractivity contribution is 7.99. The van der Waals surface area contributed by atoms with Crippen LogP contribution in [0.4, 0.5) is 10.5 Å². The Kier molecular flexibility index (Phi) is 11.7. The van der Waals surface area contributed by atoms with Gasteiger partial charge in [0.1, 0.15) is 5.75 Å². The molecule has 174 valence electrons. The van der Waals surface area contributed by atoms with Crippen LogP contribution < -0.4 is 15.0 Å². The Morgan fingerprint density at radius 1 is 0.906 bits per heavy atom. The van der Waals surface area contributed by atoms with Gasteiger partial charge in [-0.25, -0.2) is 4.79 Å². The number of esters is 1. The molecule has 0 bridgehead atoms. The summed E-state index contributed by atoms with van der Waals surface area (Å²) in [5.74, 6) is 0.195. The number of nitrogens with one attached hydrogen (secondary N) is 1. The number of amides is 2. The number of hydrogen-bond acceptors (Lipinski definition) is 4. The number of urea groups is 1. The molecule has 0 aliphatic carbocycles. The number of benzene rings is 2. The zero-order valence-electron chi connectivity index (χ0n) is 19.6. The van der Waals surface area contributed by atoms with Crippen LogP contribution in [0.5, 0.6) is 5.75 Å². The Balaban J connectivity index is 2.12. The lowest BCUT2D eigenvalue weighted by Crippen LogP contribution is -2.41. The van der Waals surface area contributed by atoms with E-state index < -0.39 is 0 Å². The molecule has 2 rings (SSSR count). The molecule has 1 N–H and O–H groups in total. The predicted molar refractivity (Wildman–Crippen MR) is 133 cm³/mol. The van der Waals surface area contributed by atoms with Gasteiger partial charge in [0.15, 0.2) is 0 Å². The van der Waals surface area contributed by atoms with E-state index in [2.05, 4.69) is 25.2 Å². The van der Waals surface area contributed by atoms with E-state index in [1.165, 1.54) is 26.2 Å². The van der Waals surface area contributed by atoms with Crippen molar-refractivity contribution in [2.24, 2.45) is 0 Å². The van der Waals surface area contributed by atoms with Crippen LogP contribution in [0.3, 0.4) is 0 Å². The second kappa shape index (κ2) is 14.6. The molecular weight excluding hydrogens is 420 g/mol. The third kappa shape index (κ3) is 9.35. The van der Waals surface area contributed by atoms with Gasteiger partial charge < -0.3 is 10.1 Å². The number of ether oxygens (including phenoxy) is 1. The number of nitrogens with zero attached hydrogens (tertiary/aromatic N) is 1. The first-order valence-corrected chi connectivity index (χ1v) is 12.5. The van der Waals surface area contributed by atoms with Crippen LogP contribution in [-0.4, -0.2) is 25.1 Å². The standard InChI is InChI=1S/C26H36N2O3S/c1-4-6-8-9-10-18-28(26(30)27-17-7-5-2)22-13-11-15-24(19-22)32-25-16-12-14-23(20-25)31-21(3)29/h11-16,19-20H,4-10,17-18H2,1-3H3,(H,27,30). The summed E-state index contributed by atoms with van der Waals surface area (Å²) in [6, 6.07) is 15.5. The fourth-order valence-electron chi connectivity index (χ4n) is 3.31. The maximum atomic E-state index is 12.9. The van der Waals surface area contributed by atoms with Gasteiger partial charge in [-0.15, -0.1) is 0 Å². The molecule has 0 saturated carbocycles. The highest BCUT2D eigenvalue weighted by atomic mass is 32.2. The molecule has 0 aliphatic heterocycles. The molecule has 0 unspecified atom stereocenters. The molecule has 0 heterocycles. The molecule has 5 nitrogen and oxygen atoms in total. The van der Waals surface area contributed by atoms with E-state index in [0.717, 1.165) is 41.2 Å². The molecule has 0 atom stereocenters. The third-order valence-electron chi connectivity index (χ3n) is 4.97. The summed E-state index contributed by atoms with van der Waals surface area (Å²) in [6.07, 6.45) is 7.80. The van der Waals surface area contributed by atoms with Gasteiger partial charge in [-0.1, -0.05) is 69.8 Å². The van der Waals surface area contributed by atoms with Gasteiger partial charge in [0.25, 0.3) is 0 Å². The van der Waals surface area contributed by atoms with Gasteiger partial charge in [0.2, 0.25) is 0 Å². The lowest BCUT2D eigenvalue weighted by molar-refractivity contribution is -0.131. The van der Waals surface area contributed by atoms with Crippen molar-refractivity contribution in [1.82, 2.24) is 5.32 Å². The number of rotatable bonds is 13. The van der Waals surface area contributed by atoms with Crippen molar-refractivity contribution in [2.45, 2.75) is 75.5 Å². The topological polar surface area (TPSA) is 58.6 Å². The molecule has 0 aliphatic rings. The van der Waals surface area contributed by atoms with Gasteiger partial charge >= 0.3 is 12.0 Å². The minimum Gasteiger partial charge on any atom is -0.427 e. The van der Waals surface area contributed by atoms with E-state index >= 15 is 0 Å². The summed E-state index contributed by atoms with van der Waals surface area (Å²) in [4.78, 5) is 28.0. The zero-order chi connectivity index (χ0) is 23.2. The lowest BCUT2D eigenvalue weighted by Gasteiger charge is -2.24. The van der Waals surface area contributed by atoms with E-state index in [0.29, 0.717) is 18.8 Å². The molecule has 0 radical (unpaired) electrons. The van der Waals surface area contributed by atoms with Crippen LogP contribution in [0, 0.1) is 0 Å². The summed E-state index contributed by atoms with van der Waals surface area (Å²) in [6.45, 7) is 7.12. The molecule has 2 amide bonds.